The maximum absolute atomic E-state index is 10.1. The number of nitrogens with one attached hydrogen (secondary N) is 1. The fourth-order valence-electron chi connectivity index (χ4n) is 2.68. The molecule has 0 aromatic heterocycles. The predicted octanol–water partition coefficient (Wildman–Crippen LogP) is 2.90. The molecule has 0 radical (unpaired) electrons. The molecule has 2 nitrogen and oxygen atoms in total. The van der Waals surface area contributed by atoms with Gasteiger partial charge in [-0.2, -0.15) is 11.8 Å². The van der Waals surface area contributed by atoms with Crippen molar-refractivity contribution in [1.29, 1.82) is 0 Å². The third-order valence-electron chi connectivity index (χ3n) is 3.82. The van der Waals surface area contributed by atoms with E-state index >= 15 is 0 Å². The van der Waals surface area contributed by atoms with E-state index in [1.165, 1.54) is 17.9 Å². The molecular formula is C14H29NOS. The van der Waals surface area contributed by atoms with Crippen molar-refractivity contribution in [3.63, 3.8) is 0 Å². The lowest BCUT2D eigenvalue weighted by atomic mass is 9.87. The lowest BCUT2D eigenvalue weighted by molar-refractivity contribution is 0.0969. The second kappa shape index (κ2) is 7.01. The van der Waals surface area contributed by atoms with Crippen molar-refractivity contribution in [3.8, 4) is 0 Å². The van der Waals surface area contributed by atoms with E-state index in [1.807, 2.05) is 11.8 Å². The molecule has 3 heteroatoms. The topological polar surface area (TPSA) is 32.3 Å². The first-order chi connectivity index (χ1) is 7.98. The molecule has 0 amide bonds. The first-order valence-corrected chi connectivity index (χ1v) is 8.13. The van der Waals surface area contributed by atoms with Crippen molar-refractivity contribution in [1.82, 2.24) is 5.32 Å². The molecule has 1 fully saturated rings. The Balaban J connectivity index is 2.30. The second-order valence-electron chi connectivity index (χ2n) is 6.13. The number of aliphatic hydroxyl groups is 1. The molecule has 1 aliphatic heterocycles. The first kappa shape index (κ1) is 15.3. The number of aliphatic hydroxyl groups excluding tert-OH is 1. The highest BCUT2D eigenvalue weighted by Crippen LogP contribution is 2.33. The van der Waals surface area contributed by atoms with Gasteiger partial charge in [0.15, 0.2) is 0 Å². The van der Waals surface area contributed by atoms with E-state index in [4.69, 9.17) is 0 Å². The zero-order valence-electron chi connectivity index (χ0n) is 11.8. The number of thioether (sulfide) groups is 1. The van der Waals surface area contributed by atoms with Gasteiger partial charge >= 0.3 is 0 Å². The molecule has 0 aromatic carbocycles. The van der Waals surface area contributed by atoms with Gasteiger partial charge < -0.3 is 10.4 Å². The van der Waals surface area contributed by atoms with Crippen LogP contribution in [-0.4, -0.2) is 35.3 Å². The van der Waals surface area contributed by atoms with Crippen LogP contribution in [0.2, 0.25) is 0 Å². The SMILES string of the molecule is CCC(CC)C(O)CNC1CSCC(C)(C)C1. The normalized spacial score (nSPS) is 26.1. The van der Waals surface area contributed by atoms with E-state index < -0.39 is 0 Å². The smallest absolute Gasteiger partial charge is 0.0692 e. The van der Waals surface area contributed by atoms with Crippen LogP contribution in [0.25, 0.3) is 0 Å². The van der Waals surface area contributed by atoms with Crippen LogP contribution in [0.4, 0.5) is 0 Å². The molecule has 2 N–H and O–H groups in total. The van der Waals surface area contributed by atoms with Crippen molar-refractivity contribution in [2.45, 2.75) is 59.1 Å². The Bertz CT molecular complexity index is 216. The van der Waals surface area contributed by atoms with E-state index in [0.29, 0.717) is 17.4 Å². The summed E-state index contributed by atoms with van der Waals surface area (Å²) in [6, 6.07) is 0.577. The maximum atomic E-state index is 10.1. The molecule has 0 aromatic rings. The second-order valence-corrected chi connectivity index (χ2v) is 7.16. The summed E-state index contributed by atoms with van der Waals surface area (Å²) in [6.07, 6.45) is 3.20. The summed E-state index contributed by atoms with van der Waals surface area (Å²) in [5, 5.41) is 13.7. The van der Waals surface area contributed by atoms with E-state index in [1.54, 1.807) is 0 Å². The van der Waals surface area contributed by atoms with Crippen molar-refractivity contribution in [3.05, 3.63) is 0 Å². The molecule has 1 aliphatic rings. The number of hydrogen-bond donors (Lipinski definition) is 2. The average Bonchev–Trinajstić information content (AvgIpc) is 2.27. The third kappa shape index (κ3) is 5.19. The van der Waals surface area contributed by atoms with Crippen LogP contribution in [-0.2, 0) is 0 Å². The molecule has 102 valence electrons. The van der Waals surface area contributed by atoms with E-state index in [-0.39, 0.29) is 6.10 Å². The Hall–Kier alpha value is 0.270. The summed E-state index contributed by atoms with van der Waals surface area (Å²) in [5.74, 6) is 2.91. The maximum Gasteiger partial charge on any atom is 0.0692 e. The van der Waals surface area contributed by atoms with Gasteiger partial charge in [-0.15, -0.1) is 0 Å². The van der Waals surface area contributed by atoms with E-state index in [9.17, 15) is 5.11 Å². The van der Waals surface area contributed by atoms with Gasteiger partial charge in [-0.3, -0.25) is 0 Å². The summed E-state index contributed by atoms with van der Waals surface area (Å²) >= 11 is 2.04. The Morgan fingerprint density at radius 3 is 2.53 bits per heavy atom. The average molecular weight is 259 g/mol. The fourth-order valence-corrected chi connectivity index (χ4v) is 3.99. The standard InChI is InChI=1S/C14H29NOS/c1-5-11(6-2)13(16)8-15-12-7-14(3,4)10-17-9-12/h11-13,15-16H,5-10H2,1-4H3. The van der Waals surface area contributed by atoms with Gasteiger partial charge in [0.1, 0.15) is 0 Å². The molecule has 2 atom stereocenters. The van der Waals surface area contributed by atoms with Gasteiger partial charge in [0.2, 0.25) is 0 Å². The zero-order valence-corrected chi connectivity index (χ0v) is 12.6. The van der Waals surface area contributed by atoms with Crippen molar-refractivity contribution >= 4 is 11.8 Å². The Morgan fingerprint density at radius 1 is 1.35 bits per heavy atom. The Labute approximate surface area is 111 Å². The van der Waals surface area contributed by atoms with E-state index in [2.05, 4.69) is 33.0 Å². The quantitative estimate of drug-likeness (QED) is 0.769. The summed E-state index contributed by atoms with van der Waals surface area (Å²) < 4.78 is 0. The van der Waals surface area contributed by atoms with E-state index in [0.717, 1.165) is 19.4 Å². The molecule has 2 unspecified atom stereocenters. The molecule has 0 bridgehead atoms. The molecular weight excluding hydrogens is 230 g/mol. The molecule has 0 aliphatic carbocycles. The van der Waals surface area contributed by atoms with Crippen LogP contribution in [0.5, 0.6) is 0 Å². The highest BCUT2D eigenvalue weighted by atomic mass is 32.2. The minimum absolute atomic E-state index is 0.181. The van der Waals surface area contributed by atoms with Gasteiger partial charge in [0.05, 0.1) is 6.10 Å². The van der Waals surface area contributed by atoms with Gasteiger partial charge in [-0.1, -0.05) is 40.5 Å². The van der Waals surface area contributed by atoms with Crippen molar-refractivity contribution < 1.29 is 5.11 Å². The predicted molar refractivity (Wildman–Crippen MR) is 77.6 cm³/mol. The molecule has 0 spiro atoms. The van der Waals surface area contributed by atoms with Crippen LogP contribution in [0, 0.1) is 11.3 Å². The molecule has 1 rings (SSSR count). The van der Waals surface area contributed by atoms with Crippen molar-refractivity contribution in [2.75, 3.05) is 18.1 Å². The highest BCUT2D eigenvalue weighted by molar-refractivity contribution is 7.99. The van der Waals surface area contributed by atoms with Gasteiger partial charge in [0.25, 0.3) is 0 Å². The van der Waals surface area contributed by atoms with Crippen molar-refractivity contribution in [2.24, 2.45) is 11.3 Å². The monoisotopic (exact) mass is 259 g/mol. The minimum atomic E-state index is -0.181. The van der Waals surface area contributed by atoms with Crippen LogP contribution in [0.3, 0.4) is 0 Å². The summed E-state index contributed by atoms with van der Waals surface area (Å²) in [7, 11) is 0. The Morgan fingerprint density at radius 2 is 2.00 bits per heavy atom. The Kier molecular flexibility index (Phi) is 6.32. The van der Waals surface area contributed by atoms with Gasteiger partial charge in [-0.05, 0) is 23.5 Å². The molecule has 1 heterocycles. The molecule has 0 saturated carbocycles. The van der Waals surface area contributed by atoms with Crippen LogP contribution in [0.15, 0.2) is 0 Å². The van der Waals surface area contributed by atoms with Gasteiger partial charge in [0, 0.05) is 18.3 Å². The third-order valence-corrected chi connectivity index (χ3v) is 5.44. The zero-order chi connectivity index (χ0) is 12.9. The minimum Gasteiger partial charge on any atom is -0.392 e. The lowest BCUT2D eigenvalue weighted by Crippen LogP contribution is -2.44. The number of rotatable bonds is 6. The summed E-state index contributed by atoms with van der Waals surface area (Å²) in [4.78, 5) is 0. The molecule has 1 saturated heterocycles. The summed E-state index contributed by atoms with van der Waals surface area (Å²) in [6.45, 7) is 9.76. The fraction of sp³-hybridized carbons (Fsp3) is 1.00. The number of hydrogen-bond acceptors (Lipinski definition) is 3. The van der Waals surface area contributed by atoms with Crippen LogP contribution >= 0.6 is 11.8 Å². The van der Waals surface area contributed by atoms with Gasteiger partial charge in [-0.25, -0.2) is 0 Å². The largest absolute Gasteiger partial charge is 0.392 e. The highest BCUT2D eigenvalue weighted by Gasteiger charge is 2.28. The van der Waals surface area contributed by atoms with Crippen LogP contribution in [0.1, 0.15) is 47.0 Å². The summed E-state index contributed by atoms with van der Waals surface area (Å²) in [5.41, 5.74) is 0.445. The van der Waals surface area contributed by atoms with Crippen LogP contribution < -0.4 is 5.32 Å². The first-order valence-electron chi connectivity index (χ1n) is 6.97. The molecule has 17 heavy (non-hydrogen) atoms. The lowest BCUT2D eigenvalue weighted by Gasteiger charge is -2.36.